The average molecular weight is 505 g/mol. The average Bonchev–Trinajstić information content (AvgIpc) is 3.33. The molecular formula is C28H30F2N6O. The van der Waals surface area contributed by atoms with Crippen molar-refractivity contribution in [2.24, 2.45) is 11.7 Å². The van der Waals surface area contributed by atoms with Crippen LogP contribution in [0.25, 0.3) is 16.9 Å². The minimum atomic E-state index is -0.697. The molecule has 0 aliphatic carbocycles. The summed E-state index contributed by atoms with van der Waals surface area (Å²) < 4.78 is 31.4. The van der Waals surface area contributed by atoms with Gasteiger partial charge >= 0.3 is 0 Å². The zero-order valence-electron chi connectivity index (χ0n) is 20.8. The van der Waals surface area contributed by atoms with E-state index < -0.39 is 11.6 Å². The molecule has 1 amide bonds. The normalized spacial score (nSPS) is 18.6. The van der Waals surface area contributed by atoms with Crippen LogP contribution in [0.15, 0.2) is 42.5 Å². The van der Waals surface area contributed by atoms with Gasteiger partial charge in [0.2, 0.25) is 0 Å². The first-order valence-corrected chi connectivity index (χ1v) is 12.7. The third-order valence-corrected chi connectivity index (χ3v) is 7.37. The maximum Gasteiger partial charge on any atom is 0.274 e. The van der Waals surface area contributed by atoms with Crippen LogP contribution in [-0.4, -0.2) is 52.8 Å². The van der Waals surface area contributed by atoms with E-state index in [1.54, 1.807) is 29.2 Å². The number of carbonyl (C=O) groups excluding carboxylic acids is 1. The molecule has 0 saturated carbocycles. The molecule has 0 spiro atoms. The van der Waals surface area contributed by atoms with E-state index in [-0.39, 0.29) is 28.9 Å². The molecule has 192 valence electrons. The molecule has 1 aromatic heterocycles. The molecule has 3 aromatic rings. The van der Waals surface area contributed by atoms with Crippen molar-refractivity contribution in [2.75, 3.05) is 31.1 Å². The summed E-state index contributed by atoms with van der Waals surface area (Å²) >= 11 is 0. The quantitative estimate of drug-likeness (QED) is 0.565. The van der Waals surface area contributed by atoms with Crippen molar-refractivity contribution in [1.82, 2.24) is 14.7 Å². The number of amides is 1. The number of hydrogen-bond donors (Lipinski definition) is 1. The summed E-state index contributed by atoms with van der Waals surface area (Å²) in [6, 6.07) is 12.4. The van der Waals surface area contributed by atoms with Crippen molar-refractivity contribution in [3.8, 4) is 23.0 Å². The predicted molar refractivity (Wildman–Crippen MR) is 137 cm³/mol. The van der Waals surface area contributed by atoms with Gasteiger partial charge in [0.15, 0.2) is 11.5 Å². The van der Waals surface area contributed by atoms with Crippen LogP contribution in [0.2, 0.25) is 0 Å². The van der Waals surface area contributed by atoms with Crippen LogP contribution in [0.4, 0.5) is 14.5 Å². The Labute approximate surface area is 215 Å². The zero-order chi connectivity index (χ0) is 26.1. The number of carbonyl (C=O) groups is 1. The highest BCUT2D eigenvalue weighted by atomic mass is 19.1. The van der Waals surface area contributed by atoms with Crippen molar-refractivity contribution in [2.45, 2.75) is 38.6 Å². The summed E-state index contributed by atoms with van der Waals surface area (Å²) in [5.41, 5.74) is 7.78. The van der Waals surface area contributed by atoms with E-state index >= 15 is 4.39 Å². The Balaban J connectivity index is 1.55. The van der Waals surface area contributed by atoms with Gasteiger partial charge in [-0.3, -0.25) is 4.79 Å². The molecule has 2 N–H and O–H groups in total. The summed E-state index contributed by atoms with van der Waals surface area (Å²) in [7, 11) is 0. The van der Waals surface area contributed by atoms with Crippen LogP contribution in [0.1, 0.15) is 48.7 Å². The number of piperidine rings is 2. The van der Waals surface area contributed by atoms with E-state index in [0.717, 1.165) is 44.5 Å². The molecule has 2 aromatic carbocycles. The standard InChI is InChI=1S/C28H30F2N6O/c1-18-8-11-34(12-9-18)22-6-7-26(24(30)14-22)36-27(19-4-5-20(16-31)23(29)13-19)15-25(33-36)28(37)35-10-2-3-21(32)17-35/h4-7,13-15,18,21H,2-3,8-12,17,32H2,1H3/t21-/m1/s1. The lowest BCUT2D eigenvalue weighted by molar-refractivity contribution is 0.0702. The molecule has 2 aliphatic rings. The second kappa shape index (κ2) is 10.3. The van der Waals surface area contributed by atoms with E-state index in [1.807, 2.05) is 6.07 Å². The van der Waals surface area contributed by atoms with Crippen molar-refractivity contribution < 1.29 is 13.6 Å². The predicted octanol–water partition coefficient (Wildman–Crippen LogP) is 4.49. The van der Waals surface area contributed by atoms with Gasteiger partial charge in [-0.2, -0.15) is 10.4 Å². The Morgan fingerprint density at radius 1 is 1.05 bits per heavy atom. The first kappa shape index (κ1) is 24.9. The van der Waals surface area contributed by atoms with Crippen molar-refractivity contribution in [3.63, 3.8) is 0 Å². The second-order valence-corrected chi connectivity index (χ2v) is 10.1. The van der Waals surface area contributed by atoms with E-state index in [0.29, 0.717) is 30.3 Å². The fourth-order valence-corrected chi connectivity index (χ4v) is 5.13. The maximum absolute atomic E-state index is 15.6. The number of halogens is 2. The topological polar surface area (TPSA) is 91.2 Å². The molecule has 37 heavy (non-hydrogen) atoms. The van der Waals surface area contributed by atoms with Gasteiger partial charge in [-0.15, -0.1) is 0 Å². The van der Waals surface area contributed by atoms with Crippen LogP contribution in [-0.2, 0) is 0 Å². The number of anilines is 1. The van der Waals surface area contributed by atoms with Crippen molar-refractivity contribution in [3.05, 3.63) is 65.4 Å². The largest absolute Gasteiger partial charge is 0.371 e. The van der Waals surface area contributed by atoms with E-state index in [4.69, 9.17) is 11.0 Å². The van der Waals surface area contributed by atoms with Crippen LogP contribution in [0.3, 0.4) is 0 Å². The van der Waals surface area contributed by atoms with E-state index in [1.165, 1.54) is 22.9 Å². The van der Waals surface area contributed by atoms with Crippen LogP contribution in [0, 0.1) is 28.9 Å². The molecule has 0 unspecified atom stereocenters. The Morgan fingerprint density at radius 3 is 2.51 bits per heavy atom. The van der Waals surface area contributed by atoms with Gasteiger partial charge in [0.25, 0.3) is 5.91 Å². The number of nitrogens with two attached hydrogens (primary N) is 1. The zero-order valence-corrected chi connectivity index (χ0v) is 20.8. The molecule has 2 aliphatic heterocycles. The van der Waals surface area contributed by atoms with Crippen LogP contribution < -0.4 is 10.6 Å². The number of hydrogen-bond acceptors (Lipinski definition) is 5. The van der Waals surface area contributed by atoms with Gasteiger partial charge in [0, 0.05) is 43.5 Å². The highest BCUT2D eigenvalue weighted by Gasteiger charge is 2.27. The Kier molecular flexibility index (Phi) is 6.94. The summed E-state index contributed by atoms with van der Waals surface area (Å²) in [5, 5.41) is 13.6. The Bertz CT molecular complexity index is 1360. The molecule has 0 bridgehead atoms. The monoisotopic (exact) mass is 504 g/mol. The summed E-state index contributed by atoms with van der Waals surface area (Å²) in [5.74, 6) is -0.833. The molecule has 7 nitrogen and oxygen atoms in total. The SMILES string of the molecule is CC1CCN(c2ccc(-n3nc(C(=O)N4CCC[C@@H](N)C4)cc3-c3ccc(C#N)c(F)c3)c(F)c2)CC1. The first-order valence-electron chi connectivity index (χ1n) is 12.7. The lowest BCUT2D eigenvalue weighted by Crippen LogP contribution is -2.45. The van der Waals surface area contributed by atoms with Crippen LogP contribution in [0.5, 0.6) is 0 Å². The molecular weight excluding hydrogens is 474 g/mol. The van der Waals surface area contributed by atoms with Gasteiger partial charge in [-0.05, 0) is 68.0 Å². The smallest absolute Gasteiger partial charge is 0.274 e. The highest BCUT2D eigenvalue weighted by Crippen LogP contribution is 2.30. The highest BCUT2D eigenvalue weighted by molar-refractivity contribution is 5.93. The fraction of sp³-hybridized carbons (Fsp3) is 0.393. The van der Waals surface area contributed by atoms with Gasteiger partial charge in [0.1, 0.15) is 17.6 Å². The fourth-order valence-electron chi connectivity index (χ4n) is 5.13. The van der Waals surface area contributed by atoms with Crippen LogP contribution >= 0.6 is 0 Å². The third kappa shape index (κ3) is 5.07. The van der Waals surface area contributed by atoms with Gasteiger partial charge in [-0.1, -0.05) is 13.0 Å². The number of benzene rings is 2. The van der Waals surface area contributed by atoms with Gasteiger partial charge < -0.3 is 15.5 Å². The van der Waals surface area contributed by atoms with Crippen molar-refractivity contribution in [1.29, 1.82) is 5.26 Å². The maximum atomic E-state index is 15.6. The summed E-state index contributed by atoms with van der Waals surface area (Å²) in [4.78, 5) is 17.1. The van der Waals surface area contributed by atoms with Gasteiger partial charge in [-0.25, -0.2) is 13.5 Å². The number of aromatic nitrogens is 2. The Hall–Kier alpha value is -3.77. The van der Waals surface area contributed by atoms with E-state index in [9.17, 15) is 9.18 Å². The molecule has 0 radical (unpaired) electrons. The summed E-state index contributed by atoms with van der Waals surface area (Å²) in [6.07, 6.45) is 3.76. The minimum absolute atomic E-state index is 0.0974. The molecule has 2 fully saturated rings. The number of likely N-dealkylation sites (tertiary alicyclic amines) is 1. The number of nitriles is 1. The van der Waals surface area contributed by atoms with Gasteiger partial charge in [0.05, 0.1) is 11.3 Å². The minimum Gasteiger partial charge on any atom is -0.371 e. The molecule has 3 heterocycles. The molecule has 5 rings (SSSR count). The molecule has 1 atom stereocenters. The van der Waals surface area contributed by atoms with E-state index in [2.05, 4.69) is 16.9 Å². The first-order chi connectivity index (χ1) is 17.8. The number of nitrogens with zero attached hydrogens (tertiary/aromatic N) is 5. The lowest BCUT2D eigenvalue weighted by Gasteiger charge is -2.32. The van der Waals surface area contributed by atoms with Crippen molar-refractivity contribution >= 4 is 11.6 Å². The lowest BCUT2D eigenvalue weighted by atomic mass is 9.99. The summed E-state index contributed by atoms with van der Waals surface area (Å²) in [6.45, 7) is 4.95. The second-order valence-electron chi connectivity index (χ2n) is 10.1. The third-order valence-electron chi connectivity index (χ3n) is 7.37. The molecule has 2 saturated heterocycles. The Morgan fingerprint density at radius 2 is 1.84 bits per heavy atom. The number of rotatable bonds is 4. The molecule has 9 heteroatoms.